The lowest BCUT2D eigenvalue weighted by Gasteiger charge is -2.18. The van der Waals surface area contributed by atoms with Gasteiger partial charge in [0.25, 0.3) is 0 Å². The molecular formula is C10H15FN4O9P2. The Balaban J connectivity index is 2.16. The standard InChI is InChI=1S/C10H15FN4O9P2/c11-3-5-8(16)6(4-23-26(21,22)14-25(18,19)20)24-9(5)15-2-1-7(12)13-10(15)17/h1-3,6,8-9,16H,4H2,(H2,12,13,17)(H4,14,18,19,20,21,22)/t6-,8+,9-/m1/s1. The van der Waals surface area contributed by atoms with E-state index in [0.717, 1.165) is 15.6 Å². The van der Waals surface area contributed by atoms with Crippen LogP contribution in [-0.4, -0.2) is 48.2 Å². The third-order valence-corrected chi connectivity index (χ3v) is 5.74. The number of nitrogen functional groups attached to an aromatic ring is 1. The molecule has 26 heavy (non-hydrogen) atoms. The summed E-state index contributed by atoms with van der Waals surface area (Å²) in [4.78, 5) is 42.8. The van der Waals surface area contributed by atoms with E-state index in [4.69, 9.17) is 20.3 Å². The number of aromatic nitrogens is 2. The first-order valence-corrected chi connectivity index (χ1v) is 9.93. The topological polar surface area (TPSA) is 206 Å². The maximum absolute atomic E-state index is 13.1. The van der Waals surface area contributed by atoms with Gasteiger partial charge in [-0.3, -0.25) is 9.09 Å². The van der Waals surface area contributed by atoms with Crippen LogP contribution in [0.2, 0.25) is 0 Å². The van der Waals surface area contributed by atoms with Crippen LogP contribution < -0.4 is 16.3 Å². The molecule has 1 aromatic heterocycles. The molecule has 146 valence electrons. The third kappa shape index (κ3) is 5.04. The number of hydrogen-bond acceptors (Lipinski definition) is 8. The SMILES string of the molecule is Nc1ccn([C@@H]2O[C@H](COP(=O)(O)NP(=O)(O)O)[C@@H](O)C2=CF)c(=O)n1. The van der Waals surface area contributed by atoms with Gasteiger partial charge < -0.3 is 30.3 Å². The van der Waals surface area contributed by atoms with E-state index < -0.39 is 51.8 Å². The molecule has 0 aliphatic carbocycles. The van der Waals surface area contributed by atoms with E-state index in [2.05, 4.69) is 9.51 Å². The fourth-order valence-electron chi connectivity index (χ4n) is 2.13. The van der Waals surface area contributed by atoms with Crippen molar-refractivity contribution in [1.82, 2.24) is 14.4 Å². The van der Waals surface area contributed by atoms with Crippen LogP contribution in [0.15, 0.2) is 29.0 Å². The van der Waals surface area contributed by atoms with Gasteiger partial charge >= 0.3 is 21.2 Å². The number of aliphatic hydroxyl groups is 1. The normalized spacial score (nSPS) is 27.6. The maximum Gasteiger partial charge on any atom is 0.412 e. The highest BCUT2D eigenvalue weighted by Crippen LogP contribution is 2.49. The molecule has 1 unspecified atom stereocenters. The maximum atomic E-state index is 13.1. The first-order valence-electron chi connectivity index (χ1n) is 6.74. The summed E-state index contributed by atoms with van der Waals surface area (Å²) in [6, 6.07) is 1.22. The van der Waals surface area contributed by atoms with Crippen LogP contribution in [0.3, 0.4) is 0 Å². The van der Waals surface area contributed by atoms with Gasteiger partial charge in [0, 0.05) is 11.8 Å². The van der Waals surface area contributed by atoms with Crippen molar-refractivity contribution in [2.24, 2.45) is 0 Å². The average molecular weight is 416 g/mol. The Hall–Kier alpha value is -1.47. The van der Waals surface area contributed by atoms with Gasteiger partial charge in [0.1, 0.15) is 18.0 Å². The van der Waals surface area contributed by atoms with Crippen molar-refractivity contribution < 1.29 is 42.6 Å². The van der Waals surface area contributed by atoms with Gasteiger partial charge in [0.2, 0.25) is 0 Å². The predicted molar refractivity (Wildman–Crippen MR) is 83.0 cm³/mol. The summed E-state index contributed by atoms with van der Waals surface area (Å²) in [6.45, 7) is -0.854. The molecule has 1 aliphatic rings. The van der Waals surface area contributed by atoms with E-state index in [1.807, 2.05) is 0 Å². The summed E-state index contributed by atoms with van der Waals surface area (Å²) in [5, 5.41) is 10.0. The van der Waals surface area contributed by atoms with E-state index in [1.165, 1.54) is 6.07 Å². The Morgan fingerprint density at radius 3 is 2.65 bits per heavy atom. The number of ether oxygens (including phenoxy) is 1. The second-order valence-corrected chi connectivity index (χ2v) is 8.27. The predicted octanol–water partition coefficient (Wildman–Crippen LogP) is -1.26. The summed E-state index contributed by atoms with van der Waals surface area (Å²) in [5.74, 6) is -0.0970. The summed E-state index contributed by atoms with van der Waals surface area (Å²) < 4.78 is 45.8. The lowest BCUT2D eigenvalue weighted by molar-refractivity contribution is -0.0413. The minimum atomic E-state index is -5.08. The van der Waals surface area contributed by atoms with Crippen molar-refractivity contribution >= 4 is 21.3 Å². The number of rotatable bonds is 6. The van der Waals surface area contributed by atoms with Crippen LogP contribution >= 0.6 is 15.5 Å². The molecule has 0 amide bonds. The Bertz CT molecular complexity index is 855. The van der Waals surface area contributed by atoms with Gasteiger partial charge in [-0.05, 0) is 6.07 Å². The van der Waals surface area contributed by atoms with Crippen LogP contribution in [0.5, 0.6) is 0 Å². The molecule has 16 heteroatoms. The molecule has 0 aromatic carbocycles. The second-order valence-electron chi connectivity index (χ2n) is 5.08. The molecule has 13 nitrogen and oxygen atoms in total. The average Bonchev–Trinajstić information content (AvgIpc) is 2.79. The number of anilines is 1. The number of aliphatic hydroxyl groups excluding tert-OH is 1. The highest BCUT2D eigenvalue weighted by atomic mass is 31.3. The van der Waals surface area contributed by atoms with Crippen LogP contribution in [0.25, 0.3) is 0 Å². The van der Waals surface area contributed by atoms with Crippen LogP contribution in [0.1, 0.15) is 6.23 Å². The number of nitrogens with two attached hydrogens (primary N) is 1. The minimum absolute atomic E-state index is 0.00936. The minimum Gasteiger partial charge on any atom is -0.386 e. The van der Waals surface area contributed by atoms with Gasteiger partial charge in [0.15, 0.2) is 6.23 Å². The Kier molecular flexibility index (Phi) is 6.13. The van der Waals surface area contributed by atoms with E-state index in [0.29, 0.717) is 0 Å². The number of nitrogens with one attached hydrogen (secondary N) is 1. The molecule has 1 aliphatic heterocycles. The number of hydrogen-bond donors (Lipinski definition) is 6. The molecule has 0 spiro atoms. The molecule has 0 radical (unpaired) electrons. The Morgan fingerprint density at radius 2 is 2.12 bits per heavy atom. The third-order valence-electron chi connectivity index (χ3n) is 3.18. The molecular weight excluding hydrogens is 401 g/mol. The largest absolute Gasteiger partial charge is 0.412 e. The lowest BCUT2D eigenvalue weighted by Crippen LogP contribution is -2.28. The highest BCUT2D eigenvalue weighted by Gasteiger charge is 2.42. The van der Waals surface area contributed by atoms with Crippen molar-refractivity contribution in [2.45, 2.75) is 18.4 Å². The molecule has 1 aromatic rings. The Labute approximate surface area is 144 Å². The quantitative estimate of drug-likeness (QED) is 0.300. The molecule has 2 heterocycles. The summed E-state index contributed by atoms with van der Waals surface area (Å²) in [7, 11) is -10.0. The van der Waals surface area contributed by atoms with Crippen LogP contribution in [0.4, 0.5) is 10.2 Å². The first-order chi connectivity index (χ1) is 11.9. The summed E-state index contributed by atoms with van der Waals surface area (Å²) in [6.07, 6.45) is -3.40. The smallest absolute Gasteiger partial charge is 0.386 e. The van der Waals surface area contributed by atoms with Gasteiger partial charge in [-0.1, -0.05) is 0 Å². The fourth-order valence-corrected chi connectivity index (χ4v) is 4.02. The second kappa shape index (κ2) is 7.64. The van der Waals surface area contributed by atoms with Gasteiger partial charge in [0.05, 0.1) is 12.9 Å². The molecule has 7 N–H and O–H groups in total. The van der Waals surface area contributed by atoms with E-state index in [-0.39, 0.29) is 12.1 Å². The van der Waals surface area contributed by atoms with Gasteiger partial charge in [-0.2, -0.15) is 4.98 Å². The van der Waals surface area contributed by atoms with E-state index in [1.54, 1.807) is 0 Å². The highest BCUT2D eigenvalue weighted by molar-refractivity contribution is 7.66. The number of nitrogens with zero attached hydrogens (tertiary/aromatic N) is 2. The number of halogens is 1. The van der Waals surface area contributed by atoms with Crippen molar-refractivity contribution in [3.63, 3.8) is 0 Å². The zero-order valence-corrected chi connectivity index (χ0v) is 14.5. The molecule has 4 atom stereocenters. The molecule has 2 rings (SSSR count). The van der Waals surface area contributed by atoms with Crippen LogP contribution in [-0.2, 0) is 18.4 Å². The van der Waals surface area contributed by atoms with Gasteiger partial charge in [-0.15, -0.1) is 4.86 Å². The van der Waals surface area contributed by atoms with Crippen molar-refractivity contribution in [3.05, 3.63) is 34.7 Å². The Morgan fingerprint density at radius 1 is 1.46 bits per heavy atom. The summed E-state index contributed by atoms with van der Waals surface area (Å²) in [5.41, 5.74) is 4.04. The van der Waals surface area contributed by atoms with E-state index >= 15 is 0 Å². The molecule has 1 fully saturated rings. The fraction of sp³-hybridized carbons (Fsp3) is 0.400. The molecule has 1 saturated heterocycles. The zero-order chi connectivity index (χ0) is 19.7. The van der Waals surface area contributed by atoms with Crippen LogP contribution in [0, 0.1) is 0 Å². The molecule has 0 saturated carbocycles. The summed E-state index contributed by atoms with van der Waals surface area (Å²) >= 11 is 0. The zero-order valence-electron chi connectivity index (χ0n) is 12.7. The van der Waals surface area contributed by atoms with Crippen molar-refractivity contribution in [3.8, 4) is 0 Å². The van der Waals surface area contributed by atoms with E-state index in [9.17, 15) is 28.3 Å². The monoisotopic (exact) mass is 416 g/mol. The van der Waals surface area contributed by atoms with Crippen molar-refractivity contribution in [2.75, 3.05) is 12.3 Å². The van der Waals surface area contributed by atoms with Crippen molar-refractivity contribution in [1.29, 1.82) is 0 Å². The first kappa shape index (κ1) is 20.8. The van der Waals surface area contributed by atoms with Gasteiger partial charge in [-0.25, -0.2) is 18.3 Å². The lowest BCUT2D eigenvalue weighted by atomic mass is 10.1. The molecule has 0 bridgehead atoms.